The third-order valence-electron chi connectivity index (χ3n) is 5.80. The lowest BCUT2D eigenvalue weighted by Crippen LogP contribution is -2.52. The SMILES string of the molecule is CC1(C)[C@H]2CC[C@]1(C)C(=O)O[C@H]2[C@H](Br)c1ccccc1. The molecule has 3 heteroatoms. The van der Waals surface area contributed by atoms with Crippen molar-refractivity contribution in [3.05, 3.63) is 35.9 Å². The van der Waals surface area contributed by atoms with Crippen molar-refractivity contribution in [2.24, 2.45) is 16.7 Å². The first-order valence-corrected chi connectivity index (χ1v) is 8.19. The zero-order valence-electron chi connectivity index (χ0n) is 12.2. The van der Waals surface area contributed by atoms with Crippen LogP contribution in [0.2, 0.25) is 0 Å². The highest BCUT2D eigenvalue weighted by Gasteiger charge is 2.64. The third-order valence-corrected chi connectivity index (χ3v) is 6.85. The van der Waals surface area contributed by atoms with Crippen LogP contribution in [0.1, 0.15) is 44.0 Å². The number of ether oxygens (including phenoxy) is 1. The summed E-state index contributed by atoms with van der Waals surface area (Å²) in [6.07, 6.45) is 1.93. The molecule has 1 aromatic rings. The molecule has 1 aliphatic carbocycles. The zero-order valence-corrected chi connectivity index (χ0v) is 13.8. The van der Waals surface area contributed by atoms with E-state index in [-0.39, 0.29) is 27.7 Å². The van der Waals surface area contributed by atoms with Gasteiger partial charge in [-0.3, -0.25) is 4.79 Å². The van der Waals surface area contributed by atoms with Gasteiger partial charge in [0.15, 0.2) is 0 Å². The molecule has 20 heavy (non-hydrogen) atoms. The van der Waals surface area contributed by atoms with Crippen molar-refractivity contribution >= 4 is 21.9 Å². The Morgan fingerprint density at radius 1 is 1.25 bits per heavy atom. The van der Waals surface area contributed by atoms with Crippen molar-refractivity contribution < 1.29 is 9.53 Å². The molecule has 0 spiro atoms. The van der Waals surface area contributed by atoms with Gasteiger partial charge in [-0.2, -0.15) is 0 Å². The quantitative estimate of drug-likeness (QED) is 0.587. The average Bonchev–Trinajstić information content (AvgIpc) is 2.58. The predicted molar refractivity (Wildman–Crippen MR) is 82.6 cm³/mol. The van der Waals surface area contributed by atoms with Crippen LogP contribution in [0.4, 0.5) is 0 Å². The molecule has 2 bridgehead atoms. The molecule has 1 saturated carbocycles. The molecule has 0 radical (unpaired) electrons. The normalized spacial score (nSPS) is 36.5. The van der Waals surface area contributed by atoms with Crippen LogP contribution < -0.4 is 0 Å². The molecule has 0 N–H and O–H groups in total. The molecular weight excluding hydrogens is 316 g/mol. The fraction of sp³-hybridized carbons (Fsp3) is 0.588. The van der Waals surface area contributed by atoms with Crippen molar-refractivity contribution in [3.63, 3.8) is 0 Å². The van der Waals surface area contributed by atoms with Gasteiger partial charge < -0.3 is 4.74 Å². The summed E-state index contributed by atoms with van der Waals surface area (Å²) in [5.41, 5.74) is 0.849. The van der Waals surface area contributed by atoms with E-state index in [9.17, 15) is 4.79 Å². The van der Waals surface area contributed by atoms with Crippen molar-refractivity contribution in [2.75, 3.05) is 0 Å². The molecule has 4 atom stereocenters. The second-order valence-electron chi connectivity index (χ2n) is 6.88. The fourth-order valence-electron chi connectivity index (χ4n) is 3.90. The molecule has 1 aromatic carbocycles. The van der Waals surface area contributed by atoms with E-state index >= 15 is 0 Å². The summed E-state index contributed by atoms with van der Waals surface area (Å²) < 4.78 is 5.84. The maximum atomic E-state index is 12.5. The number of carbonyl (C=O) groups is 1. The molecular formula is C17H21BrO2. The Kier molecular flexibility index (Phi) is 3.24. The molecule has 2 aliphatic rings. The van der Waals surface area contributed by atoms with Gasteiger partial charge in [-0.05, 0) is 30.7 Å². The maximum Gasteiger partial charge on any atom is 0.312 e. The minimum Gasteiger partial charge on any atom is -0.460 e. The lowest BCUT2D eigenvalue weighted by atomic mass is 9.62. The van der Waals surface area contributed by atoms with E-state index in [0.29, 0.717) is 5.92 Å². The third kappa shape index (κ3) is 1.78. The minimum atomic E-state index is -0.322. The lowest BCUT2D eigenvalue weighted by Gasteiger charge is -2.48. The summed E-state index contributed by atoms with van der Waals surface area (Å²) in [5.74, 6) is 0.386. The van der Waals surface area contributed by atoms with Gasteiger partial charge in [-0.1, -0.05) is 60.1 Å². The van der Waals surface area contributed by atoms with Crippen molar-refractivity contribution in [2.45, 2.75) is 44.5 Å². The van der Waals surface area contributed by atoms with Crippen molar-refractivity contribution in [1.29, 1.82) is 0 Å². The number of rotatable bonds is 2. The topological polar surface area (TPSA) is 26.3 Å². The number of benzene rings is 1. The van der Waals surface area contributed by atoms with Gasteiger partial charge >= 0.3 is 5.97 Å². The molecule has 108 valence electrons. The Balaban J connectivity index is 1.95. The van der Waals surface area contributed by atoms with Crippen LogP contribution in [0.25, 0.3) is 0 Å². The van der Waals surface area contributed by atoms with E-state index in [4.69, 9.17) is 4.74 Å². The summed E-state index contributed by atoms with van der Waals surface area (Å²) >= 11 is 3.77. The second kappa shape index (κ2) is 4.59. The molecule has 0 aromatic heterocycles. The van der Waals surface area contributed by atoms with Crippen LogP contribution in [-0.2, 0) is 9.53 Å². The zero-order chi connectivity index (χ0) is 14.5. The van der Waals surface area contributed by atoms with Gasteiger partial charge in [-0.25, -0.2) is 0 Å². The maximum absolute atomic E-state index is 12.5. The highest BCUT2D eigenvalue weighted by molar-refractivity contribution is 9.09. The van der Waals surface area contributed by atoms with Crippen LogP contribution in [0.5, 0.6) is 0 Å². The monoisotopic (exact) mass is 336 g/mol. The summed E-state index contributed by atoms with van der Waals surface area (Å²) in [6, 6.07) is 10.2. The molecule has 0 amide bonds. The van der Waals surface area contributed by atoms with Crippen LogP contribution in [0.15, 0.2) is 30.3 Å². The van der Waals surface area contributed by atoms with E-state index < -0.39 is 0 Å². The summed E-state index contributed by atoms with van der Waals surface area (Å²) in [5, 5.41) is 0. The molecule has 2 fully saturated rings. The summed E-state index contributed by atoms with van der Waals surface area (Å²) in [6.45, 7) is 6.52. The Labute approximate surface area is 129 Å². The first-order valence-electron chi connectivity index (χ1n) is 7.28. The van der Waals surface area contributed by atoms with Gasteiger partial charge in [0.25, 0.3) is 0 Å². The average molecular weight is 337 g/mol. The van der Waals surface area contributed by atoms with E-state index in [2.05, 4.69) is 48.8 Å². The van der Waals surface area contributed by atoms with E-state index in [1.165, 1.54) is 5.56 Å². The summed E-state index contributed by atoms with van der Waals surface area (Å²) in [4.78, 5) is 12.6. The van der Waals surface area contributed by atoms with E-state index in [0.717, 1.165) is 12.8 Å². The van der Waals surface area contributed by atoms with Crippen LogP contribution in [-0.4, -0.2) is 12.1 Å². The number of alkyl halides is 1. The molecule has 2 nitrogen and oxygen atoms in total. The number of cyclic esters (lactones) is 1. The van der Waals surface area contributed by atoms with E-state index in [1.807, 2.05) is 18.2 Å². The van der Waals surface area contributed by atoms with Gasteiger partial charge in [-0.15, -0.1) is 0 Å². The van der Waals surface area contributed by atoms with Crippen molar-refractivity contribution in [3.8, 4) is 0 Å². The van der Waals surface area contributed by atoms with Gasteiger partial charge in [0, 0.05) is 5.92 Å². The van der Waals surface area contributed by atoms with Gasteiger partial charge in [0.2, 0.25) is 0 Å². The first kappa shape index (κ1) is 14.1. The number of fused-ring (bicyclic) bond motifs is 2. The number of hydrogen-bond donors (Lipinski definition) is 0. The number of esters is 1. The Morgan fingerprint density at radius 3 is 2.55 bits per heavy atom. The first-order chi connectivity index (χ1) is 9.38. The van der Waals surface area contributed by atoms with E-state index in [1.54, 1.807) is 0 Å². The minimum absolute atomic E-state index is 0.00615. The standard InChI is InChI=1S/C17H21BrO2/c1-16(2)12-9-10-17(16,3)15(19)20-14(12)13(18)11-7-5-4-6-8-11/h4-8,12-14H,9-10H2,1-3H3/t12-,13+,14+,17+/m0/s1. The number of halogens is 1. The largest absolute Gasteiger partial charge is 0.460 e. The highest BCUT2D eigenvalue weighted by atomic mass is 79.9. The molecule has 1 aliphatic heterocycles. The smallest absolute Gasteiger partial charge is 0.312 e. The van der Waals surface area contributed by atoms with Crippen LogP contribution in [0.3, 0.4) is 0 Å². The van der Waals surface area contributed by atoms with Crippen LogP contribution in [0, 0.1) is 16.7 Å². The lowest BCUT2D eigenvalue weighted by molar-refractivity contribution is -0.186. The Bertz CT molecular complexity index is 525. The molecule has 0 unspecified atom stereocenters. The van der Waals surface area contributed by atoms with Gasteiger partial charge in [0.1, 0.15) is 6.10 Å². The predicted octanol–water partition coefficient (Wildman–Crippen LogP) is 4.49. The molecule has 1 saturated heterocycles. The second-order valence-corrected chi connectivity index (χ2v) is 7.87. The van der Waals surface area contributed by atoms with Crippen LogP contribution >= 0.6 is 15.9 Å². The van der Waals surface area contributed by atoms with Crippen molar-refractivity contribution in [1.82, 2.24) is 0 Å². The number of carbonyl (C=O) groups excluding carboxylic acids is 1. The molecule has 3 rings (SSSR count). The number of hydrogen-bond acceptors (Lipinski definition) is 2. The molecule has 1 heterocycles. The fourth-order valence-corrected chi connectivity index (χ4v) is 4.68. The Hall–Kier alpha value is -0.830. The highest BCUT2D eigenvalue weighted by Crippen LogP contribution is 2.62. The Morgan fingerprint density at radius 2 is 1.90 bits per heavy atom. The van der Waals surface area contributed by atoms with Gasteiger partial charge in [0.05, 0.1) is 10.2 Å². The summed E-state index contributed by atoms with van der Waals surface area (Å²) in [7, 11) is 0.